The van der Waals surface area contributed by atoms with Crippen LogP contribution in [0.3, 0.4) is 0 Å². The molecule has 0 aliphatic rings. The summed E-state index contributed by atoms with van der Waals surface area (Å²) in [6.45, 7) is 3.61. The zero-order chi connectivity index (χ0) is 21.0. The van der Waals surface area contributed by atoms with Crippen LogP contribution in [0.1, 0.15) is 13.8 Å². The van der Waals surface area contributed by atoms with Crippen LogP contribution in [-0.2, 0) is 11.3 Å². The largest absolute Gasteiger partial charge is 0.493 e. The number of hydrogen-bond donors (Lipinski definition) is 1. The van der Waals surface area contributed by atoms with Crippen LogP contribution in [0.5, 0.6) is 11.5 Å². The van der Waals surface area contributed by atoms with E-state index >= 15 is 0 Å². The quantitative estimate of drug-likeness (QED) is 0.649. The zero-order valence-electron chi connectivity index (χ0n) is 16.6. The summed E-state index contributed by atoms with van der Waals surface area (Å²) < 4.78 is 17.1. The molecule has 1 aromatic carbocycles. The highest BCUT2D eigenvalue weighted by Gasteiger charge is 2.17. The lowest BCUT2D eigenvalue weighted by Crippen LogP contribution is -2.36. The van der Waals surface area contributed by atoms with Gasteiger partial charge in [-0.3, -0.25) is 9.59 Å². The van der Waals surface area contributed by atoms with Crippen LogP contribution < -0.4 is 20.3 Å². The minimum Gasteiger partial charge on any atom is -0.493 e. The molecular formula is C20H22N4O5. The lowest BCUT2D eigenvalue weighted by atomic mass is 10.2. The maximum absolute atomic E-state index is 12.7. The molecule has 0 radical (unpaired) electrons. The molecule has 0 aliphatic heterocycles. The van der Waals surface area contributed by atoms with Gasteiger partial charge in [0, 0.05) is 17.8 Å². The van der Waals surface area contributed by atoms with Gasteiger partial charge in [0.1, 0.15) is 12.1 Å². The van der Waals surface area contributed by atoms with Crippen LogP contribution in [0.25, 0.3) is 22.8 Å². The Morgan fingerprint density at radius 2 is 1.97 bits per heavy atom. The first-order chi connectivity index (χ1) is 13.9. The van der Waals surface area contributed by atoms with Crippen LogP contribution >= 0.6 is 0 Å². The number of benzene rings is 1. The van der Waals surface area contributed by atoms with Gasteiger partial charge in [-0.05, 0) is 44.2 Å². The summed E-state index contributed by atoms with van der Waals surface area (Å²) in [6.07, 6.45) is 1.54. The molecule has 3 aromatic rings. The van der Waals surface area contributed by atoms with Gasteiger partial charge in [-0.2, -0.15) is 4.98 Å². The van der Waals surface area contributed by atoms with Crippen molar-refractivity contribution in [3.63, 3.8) is 0 Å². The zero-order valence-corrected chi connectivity index (χ0v) is 16.6. The summed E-state index contributed by atoms with van der Waals surface area (Å²) in [7, 11) is 3.08. The summed E-state index contributed by atoms with van der Waals surface area (Å²) >= 11 is 0. The van der Waals surface area contributed by atoms with Crippen molar-refractivity contribution in [1.29, 1.82) is 0 Å². The number of methoxy groups -OCH3 is 2. The molecule has 0 spiro atoms. The molecule has 1 N–H and O–H groups in total. The summed E-state index contributed by atoms with van der Waals surface area (Å²) in [5.74, 6) is 1.21. The van der Waals surface area contributed by atoms with E-state index in [2.05, 4.69) is 15.5 Å². The second kappa shape index (κ2) is 8.59. The number of aromatic nitrogens is 3. The van der Waals surface area contributed by atoms with E-state index in [1.165, 1.54) is 17.9 Å². The fourth-order valence-corrected chi connectivity index (χ4v) is 2.77. The Balaban J connectivity index is 1.90. The SMILES string of the molecule is COc1ccc(-c2noc(-c3cccn(CC(=O)NC(C)C)c3=O)n2)cc1OC. The maximum atomic E-state index is 12.7. The highest BCUT2D eigenvalue weighted by atomic mass is 16.5. The molecule has 0 bridgehead atoms. The number of rotatable bonds is 7. The molecule has 152 valence electrons. The second-order valence-corrected chi connectivity index (χ2v) is 6.57. The van der Waals surface area contributed by atoms with Crippen molar-refractivity contribution in [2.24, 2.45) is 0 Å². The maximum Gasteiger partial charge on any atom is 0.263 e. The normalized spacial score (nSPS) is 10.8. The van der Waals surface area contributed by atoms with Crippen LogP contribution in [0.4, 0.5) is 0 Å². The summed E-state index contributed by atoms with van der Waals surface area (Å²) in [5.41, 5.74) is 0.461. The average Bonchev–Trinajstić information content (AvgIpc) is 3.18. The Morgan fingerprint density at radius 1 is 1.21 bits per heavy atom. The van der Waals surface area contributed by atoms with Gasteiger partial charge in [-0.25, -0.2) is 0 Å². The number of pyridine rings is 1. The van der Waals surface area contributed by atoms with E-state index < -0.39 is 5.56 Å². The van der Waals surface area contributed by atoms with E-state index in [1.807, 2.05) is 13.8 Å². The van der Waals surface area contributed by atoms with Gasteiger partial charge >= 0.3 is 0 Å². The molecule has 0 fully saturated rings. The third kappa shape index (κ3) is 4.45. The minimum absolute atomic E-state index is 0.0126. The van der Waals surface area contributed by atoms with Crippen LogP contribution in [0.2, 0.25) is 0 Å². The summed E-state index contributed by atoms with van der Waals surface area (Å²) in [6, 6.07) is 8.42. The lowest BCUT2D eigenvalue weighted by Gasteiger charge is -2.10. The van der Waals surface area contributed by atoms with Crippen molar-refractivity contribution in [3.05, 3.63) is 46.9 Å². The Kier molecular flexibility index (Phi) is 5.96. The topological polar surface area (TPSA) is 108 Å². The molecule has 0 atom stereocenters. The number of nitrogens with one attached hydrogen (secondary N) is 1. The number of hydrogen-bond acceptors (Lipinski definition) is 7. The molecule has 1 amide bonds. The predicted molar refractivity (Wildman–Crippen MR) is 106 cm³/mol. The number of ether oxygens (including phenoxy) is 2. The first-order valence-corrected chi connectivity index (χ1v) is 8.98. The first kappa shape index (κ1) is 20.1. The summed E-state index contributed by atoms with van der Waals surface area (Å²) in [5, 5.41) is 6.71. The lowest BCUT2D eigenvalue weighted by molar-refractivity contribution is -0.122. The molecule has 29 heavy (non-hydrogen) atoms. The van der Waals surface area contributed by atoms with Gasteiger partial charge in [0.2, 0.25) is 11.7 Å². The molecule has 0 saturated carbocycles. The van der Waals surface area contributed by atoms with Gasteiger partial charge in [-0.1, -0.05) is 5.16 Å². The molecule has 2 aromatic heterocycles. The fraction of sp³-hybridized carbons (Fsp3) is 0.300. The third-order valence-electron chi connectivity index (χ3n) is 4.08. The van der Waals surface area contributed by atoms with Crippen LogP contribution in [-0.4, -0.2) is 40.9 Å². The number of carbonyl (C=O) groups excluding carboxylic acids is 1. The molecule has 3 rings (SSSR count). The van der Waals surface area contributed by atoms with Gasteiger partial charge in [0.05, 0.1) is 14.2 Å². The minimum atomic E-state index is -0.395. The van der Waals surface area contributed by atoms with E-state index in [1.54, 1.807) is 37.4 Å². The standard InChI is InChI=1S/C20H22N4O5/c1-12(2)21-17(25)11-24-9-5-6-14(20(24)26)19-22-18(23-29-19)13-7-8-15(27-3)16(10-13)28-4/h5-10,12H,11H2,1-4H3,(H,21,25). The van der Waals surface area contributed by atoms with Crippen molar-refractivity contribution in [2.45, 2.75) is 26.4 Å². The van der Waals surface area contributed by atoms with Gasteiger partial charge in [0.25, 0.3) is 11.4 Å². The Bertz CT molecular complexity index is 1070. The number of amides is 1. The monoisotopic (exact) mass is 398 g/mol. The first-order valence-electron chi connectivity index (χ1n) is 8.98. The van der Waals surface area contributed by atoms with Crippen LogP contribution in [0.15, 0.2) is 45.8 Å². The van der Waals surface area contributed by atoms with E-state index in [-0.39, 0.29) is 29.9 Å². The van der Waals surface area contributed by atoms with Gasteiger partial charge in [-0.15, -0.1) is 0 Å². The Labute approximate surface area is 167 Å². The molecule has 0 aliphatic carbocycles. The van der Waals surface area contributed by atoms with E-state index in [4.69, 9.17) is 14.0 Å². The third-order valence-corrected chi connectivity index (χ3v) is 4.08. The summed E-state index contributed by atoms with van der Waals surface area (Å²) in [4.78, 5) is 29.0. The highest BCUT2D eigenvalue weighted by Crippen LogP contribution is 2.31. The average molecular weight is 398 g/mol. The number of nitrogens with zero attached hydrogens (tertiary/aromatic N) is 3. The molecule has 0 saturated heterocycles. The van der Waals surface area contributed by atoms with E-state index in [9.17, 15) is 9.59 Å². The second-order valence-electron chi connectivity index (χ2n) is 6.57. The Morgan fingerprint density at radius 3 is 2.66 bits per heavy atom. The highest BCUT2D eigenvalue weighted by molar-refractivity contribution is 5.76. The smallest absolute Gasteiger partial charge is 0.263 e. The molecule has 9 nitrogen and oxygen atoms in total. The van der Waals surface area contributed by atoms with E-state index in [0.717, 1.165) is 0 Å². The van der Waals surface area contributed by atoms with Gasteiger partial charge in [0.15, 0.2) is 11.5 Å². The van der Waals surface area contributed by atoms with Gasteiger partial charge < -0.3 is 23.9 Å². The van der Waals surface area contributed by atoms with Crippen molar-refractivity contribution >= 4 is 5.91 Å². The molecular weight excluding hydrogens is 376 g/mol. The molecule has 2 heterocycles. The molecule has 0 unspecified atom stereocenters. The van der Waals surface area contributed by atoms with Crippen molar-refractivity contribution in [1.82, 2.24) is 20.0 Å². The van der Waals surface area contributed by atoms with Crippen LogP contribution in [0, 0.1) is 0 Å². The van der Waals surface area contributed by atoms with Crippen molar-refractivity contribution < 1.29 is 18.8 Å². The fourth-order valence-electron chi connectivity index (χ4n) is 2.77. The van der Waals surface area contributed by atoms with Crippen molar-refractivity contribution in [3.8, 4) is 34.3 Å². The Hall–Kier alpha value is -3.62. The van der Waals surface area contributed by atoms with Crippen molar-refractivity contribution in [2.75, 3.05) is 14.2 Å². The van der Waals surface area contributed by atoms with E-state index in [0.29, 0.717) is 22.9 Å². The predicted octanol–water partition coefficient (Wildman–Crippen LogP) is 2.11. The number of carbonyl (C=O) groups is 1. The molecule has 9 heteroatoms.